The van der Waals surface area contributed by atoms with Crippen LogP contribution in [0.4, 0.5) is 0 Å². The van der Waals surface area contributed by atoms with E-state index in [-0.39, 0.29) is 17.6 Å². The van der Waals surface area contributed by atoms with Crippen molar-refractivity contribution in [2.45, 2.75) is 31.5 Å². The molecular formula is C23H21N3O3S. The zero-order valence-electron chi connectivity index (χ0n) is 16.4. The summed E-state index contributed by atoms with van der Waals surface area (Å²) in [6, 6.07) is 16.9. The van der Waals surface area contributed by atoms with Crippen LogP contribution in [-0.2, 0) is 0 Å². The third kappa shape index (κ3) is 3.19. The molecule has 2 aliphatic heterocycles. The maximum Gasteiger partial charge on any atom is 0.335 e. The number of carbonyl (C=O) groups is 1. The van der Waals surface area contributed by atoms with Crippen molar-refractivity contribution in [1.29, 1.82) is 0 Å². The lowest BCUT2D eigenvalue weighted by molar-refractivity contribution is 0.0697. The number of carboxylic acids is 1. The van der Waals surface area contributed by atoms with E-state index in [1.807, 2.05) is 30.3 Å². The van der Waals surface area contributed by atoms with Gasteiger partial charge < -0.3 is 14.4 Å². The highest BCUT2D eigenvalue weighted by molar-refractivity contribution is 8.14. The molecule has 0 aliphatic carbocycles. The molecule has 0 amide bonds. The van der Waals surface area contributed by atoms with Crippen molar-refractivity contribution in [3.05, 3.63) is 77.8 Å². The summed E-state index contributed by atoms with van der Waals surface area (Å²) in [4.78, 5) is 23.1. The Labute approximate surface area is 178 Å². The van der Waals surface area contributed by atoms with Crippen molar-refractivity contribution in [3.8, 4) is 11.3 Å². The number of furan rings is 1. The Kier molecular flexibility index (Phi) is 4.83. The number of benzene rings is 1. The molecule has 0 unspecified atom stereocenters. The van der Waals surface area contributed by atoms with E-state index in [4.69, 9.17) is 14.5 Å². The Balaban J connectivity index is 1.51. The first-order valence-corrected chi connectivity index (χ1v) is 11.0. The fourth-order valence-corrected chi connectivity index (χ4v) is 5.44. The van der Waals surface area contributed by atoms with Crippen molar-refractivity contribution in [1.82, 2.24) is 9.88 Å². The van der Waals surface area contributed by atoms with Gasteiger partial charge in [0.25, 0.3) is 0 Å². The molecule has 1 N–H and O–H groups in total. The number of amidine groups is 1. The van der Waals surface area contributed by atoms with E-state index in [9.17, 15) is 4.79 Å². The first kappa shape index (κ1) is 18.9. The summed E-state index contributed by atoms with van der Waals surface area (Å²) in [5.74, 6) is 1.66. The molecule has 2 aliphatic rings. The summed E-state index contributed by atoms with van der Waals surface area (Å²) in [5.41, 5.74) is 2.04. The van der Waals surface area contributed by atoms with Crippen molar-refractivity contribution >= 4 is 22.9 Å². The van der Waals surface area contributed by atoms with Crippen molar-refractivity contribution in [2.24, 2.45) is 4.99 Å². The Morgan fingerprint density at radius 2 is 2.03 bits per heavy atom. The van der Waals surface area contributed by atoms with Gasteiger partial charge in [0.05, 0.1) is 11.3 Å². The molecule has 5 rings (SSSR count). The highest BCUT2D eigenvalue weighted by atomic mass is 32.2. The number of aliphatic imine (C=N–C) groups is 1. The summed E-state index contributed by atoms with van der Waals surface area (Å²) in [5, 5.41) is 10.2. The van der Waals surface area contributed by atoms with Crippen molar-refractivity contribution in [3.63, 3.8) is 0 Å². The number of hydrogen-bond donors (Lipinski definition) is 1. The molecule has 2 aromatic heterocycles. The predicted molar refractivity (Wildman–Crippen MR) is 117 cm³/mol. The van der Waals surface area contributed by atoms with Crippen LogP contribution in [0.25, 0.3) is 11.3 Å². The summed E-state index contributed by atoms with van der Waals surface area (Å²) in [7, 11) is 0. The van der Waals surface area contributed by atoms with E-state index >= 15 is 0 Å². The second-order valence-electron chi connectivity index (χ2n) is 7.42. The minimum atomic E-state index is -0.937. The molecule has 4 heterocycles. The first-order chi connectivity index (χ1) is 14.7. The molecule has 1 aromatic carbocycles. The molecular weight excluding hydrogens is 398 g/mol. The van der Waals surface area contributed by atoms with Crippen LogP contribution in [0.2, 0.25) is 0 Å². The molecule has 7 heteroatoms. The van der Waals surface area contributed by atoms with Gasteiger partial charge in [-0.25, -0.2) is 9.79 Å². The van der Waals surface area contributed by atoms with Gasteiger partial charge in [0.15, 0.2) is 5.17 Å². The third-order valence-corrected chi connectivity index (χ3v) is 6.79. The number of aromatic carboxylic acids is 1. The molecule has 152 valence electrons. The lowest BCUT2D eigenvalue weighted by Crippen LogP contribution is -2.35. The Morgan fingerprint density at radius 3 is 2.73 bits per heavy atom. The van der Waals surface area contributed by atoms with Crippen LogP contribution in [0.15, 0.2) is 70.2 Å². The number of nitrogens with zero attached hydrogens (tertiary/aromatic N) is 3. The van der Waals surface area contributed by atoms with E-state index in [0.717, 1.165) is 40.1 Å². The third-order valence-electron chi connectivity index (χ3n) is 5.66. The van der Waals surface area contributed by atoms with Crippen LogP contribution in [0.1, 0.15) is 47.2 Å². The minimum Gasteiger partial charge on any atom is -0.478 e. The van der Waals surface area contributed by atoms with E-state index in [1.54, 1.807) is 42.2 Å². The maximum atomic E-state index is 11.1. The van der Waals surface area contributed by atoms with Crippen LogP contribution >= 0.6 is 11.8 Å². The fourth-order valence-electron chi connectivity index (χ4n) is 4.10. The van der Waals surface area contributed by atoms with Gasteiger partial charge in [0.1, 0.15) is 23.6 Å². The van der Waals surface area contributed by atoms with Gasteiger partial charge in [0.2, 0.25) is 0 Å². The van der Waals surface area contributed by atoms with Crippen molar-refractivity contribution < 1.29 is 14.3 Å². The number of carboxylic acid groups (broad SMARTS) is 1. The van der Waals surface area contributed by atoms with Gasteiger partial charge >= 0.3 is 5.97 Å². The van der Waals surface area contributed by atoms with Crippen LogP contribution in [0.3, 0.4) is 0 Å². The van der Waals surface area contributed by atoms with Gasteiger partial charge in [-0.15, -0.1) is 0 Å². The summed E-state index contributed by atoms with van der Waals surface area (Å²) < 4.78 is 6.31. The van der Waals surface area contributed by atoms with Crippen LogP contribution in [0, 0.1) is 0 Å². The number of thioether (sulfide) groups is 1. The lowest BCUT2D eigenvalue weighted by Gasteiger charge is -2.30. The van der Waals surface area contributed by atoms with E-state index in [1.165, 1.54) is 0 Å². The standard InChI is InChI=1S/C23H21N3O3S/c1-2-16-13-30-23-25-20(17-5-3-4-12-24-17)21(26(16)23)19-11-10-18(29-19)14-6-8-15(9-7-14)22(27)28/h3-12,16,20-21H,2,13H2,1H3,(H,27,28)/t16-,20+,21-/m1/s1. The Bertz CT molecular complexity index is 1090. The van der Waals surface area contributed by atoms with Crippen LogP contribution in [-0.4, -0.2) is 37.9 Å². The van der Waals surface area contributed by atoms with Gasteiger partial charge in [-0.3, -0.25) is 4.98 Å². The Hall–Kier alpha value is -3.06. The van der Waals surface area contributed by atoms with E-state index in [0.29, 0.717) is 6.04 Å². The van der Waals surface area contributed by atoms with Crippen molar-refractivity contribution in [2.75, 3.05) is 5.75 Å². The molecule has 1 saturated heterocycles. The second kappa shape index (κ2) is 7.65. The van der Waals surface area contributed by atoms with Crippen LogP contribution < -0.4 is 0 Å². The van der Waals surface area contributed by atoms with Gasteiger partial charge in [-0.05, 0) is 42.8 Å². The SMILES string of the molecule is CC[C@@H]1CSC2=N[C@@H](c3ccccn3)[C@@H](c3ccc(-c4ccc(C(=O)O)cc4)o3)N21. The largest absolute Gasteiger partial charge is 0.478 e. The molecule has 0 radical (unpaired) electrons. The second-order valence-corrected chi connectivity index (χ2v) is 8.41. The molecule has 6 nitrogen and oxygen atoms in total. The number of fused-ring (bicyclic) bond motifs is 1. The summed E-state index contributed by atoms with van der Waals surface area (Å²) >= 11 is 1.80. The normalized spacial score (nSPS) is 22.8. The smallest absolute Gasteiger partial charge is 0.335 e. The first-order valence-electron chi connectivity index (χ1n) is 9.99. The van der Waals surface area contributed by atoms with Gasteiger partial charge in [-0.1, -0.05) is 36.9 Å². The molecule has 3 aromatic rings. The van der Waals surface area contributed by atoms with Gasteiger partial charge in [-0.2, -0.15) is 0 Å². The molecule has 0 spiro atoms. The highest BCUT2D eigenvalue weighted by Crippen LogP contribution is 2.49. The number of aromatic nitrogens is 1. The fraction of sp³-hybridized carbons (Fsp3) is 0.261. The minimum absolute atomic E-state index is 0.0399. The summed E-state index contributed by atoms with van der Waals surface area (Å²) in [6.07, 6.45) is 2.85. The summed E-state index contributed by atoms with van der Waals surface area (Å²) in [6.45, 7) is 2.21. The monoisotopic (exact) mass is 419 g/mol. The number of rotatable bonds is 5. The van der Waals surface area contributed by atoms with E-state index in [2.05, 4.69) is 16.8 Å². The topological polar surface area (TPSA) is 78.9 Å². The highest BCUT2D eigenvalue weighted by Gasteiger charge is 2.46. The molecule has 3 atom stereocenters. The Morgan fingerprint density at radius 1 is 1.20 bits per heavy atom. The zero-order chi connectivity index (χ0) is 20.7. The van der Waals surface area contributed by atoms with E-state index < -0.39 is 5.97 Å². The maximum absolute atomic E-state index is 11.1. The average molecular weight is 420 g/mol. The molecule has 0 bridgehead atoms. The number of pyridine rings is 1. The molecule has 1 fully saturated rings. The van der Waals surface area contributed by atoms with Crippen LogP contribution in [0.5, 0.6) is 0 Å². The van der Waals surface area contributed by atoms with Gasteiger partial charge in [0, 0.05) is 23.6 Å². The predicted octanol–water partition coefficient (Wildman–Crippen LogP) is 5.02. The molecule has 30 heavy (non-hydrogen) atoms. The molecule has 0 saturated carbocycles. The quantitative estimate of drug-likeness (QED) is 0.626. The lowest BCUT2D eigenvalue weighted by atomic mass is 10.0. The number of hydrogen-bond acceptors (Lipinski definition) is 6. The average Bonchev–Trinajstić information content (AvgIpc) is 3.49. The zero-order valence-corrected chi connectivity index (χ0v) is 17.2.